The molecule has 0 bridgehead atoms. The van der Waals surface area contributed by atoms with Crippen molar-refractivity contribution in [3.05, 3.63) is 46.8 Å². The van der Waals surface area contributed by atoms with Gasteiger partial charge >= 0.3 is 0 Å². The summed E-state index contributed by atoms with van der Waals surface area (Å²) in [7, 11) is 0. The Morgan fingerprint density at radius 1 is 1.17 bits per heavy atom. The zero-order valence-corrected chi connectivity index (χ0v) is 11.7. The molecule has 2 N–H and O–H groups in total. The monoisotopic (exact) mass is 259 g/mol. The maximum absolute atomic E-state index is 5.60. The van der Waals surface area contributed by atoms with E-state index in [4.69, 9.17) is 5.73 Å². The lowest BCUT2D eigenvalue weighted by Crippen LogP contribution is -1.98. The maximum atomic E-state index is 5.60. The van der Waals surface area contributed by atoms with Crippen LogP contribution in [-0.4, -0.2) is 9.97 Å². The molecule has 0 unspecified atom stereocenters. The van der Waals surface area contributed by atoms with Crippen molar-refractivity contribution < 1.29 is 0 Å². The molecule has 3 nitrogen and oxygen atoms in total. The second-order valence-electron chi connectivity index (χ2n) is 4.40. The predicted octanol–water partition coefficient (Wildman–Crippen LogP) is 3.01. The second-order valence-corrected chi connectivity index (χ2v) is 5.41. The summed E-state index contributed by atoms with van der Waals surface area (Å²) in [5, 5.41) is 1.98. The van der Waals surface area contributed by atoms with Crippen LogP contribution in [0.15, 0.2) is 34.4 Å². The topological polar surface area (TPSA) is 51.8 Å². The first-order valence-electron chi connectivity index (χ1n) is 5.87. The van der Waals surface area contributed by atoms with Gasteiger partial charge in [0.2, 0.25) is 0 Å². The van der Waals surface area contributed by atoms with E-state index in [1.165, 1.54) is 5.56 Å². The first-order valence-corrected chi connectivity index (χ1v) is 6.69. The van der Waals surface area contributed by atoms with Crippen LogP contribution in [0.1, 0.15) is 22.4 Å². The van der Waals surface area contributed by atoms with Gasteiger partial charge in [-0.25, -0.2) is 9.97 Å². The van der Waals surface area contributed by atoms with Gasteiger partial charge in [0.25, 0.3) is 0 Å². The Kier molecular flexibility index (Phi) is 3.99. The molecule has 0 aliphatic carbocycles. The van der Waals surface area contributed by atoms with Crippen LogP contribution >= 0.6 is 11.8 Å². The minimum Gasteiger partial charge on any atom is -0.326 e. The van der Waals surface area contributed by atoms with Crippen LogP contribution in [0, 0.1) is 20.8 Å². The summed E-state index contributed by atoms with van der Waals surface area (Å²) >= 11 is 1.60. The summed E-state index contributed by atoms with van der Waals surface area (Å²) in [5.41, 5.74) is 10.1. The van der Waals surface area contributed by atoms with Gasteiger partial charge in [-0.15, -0.1) is 0 Å². The van der Waals surface area contributed by atoms with Crippen molar-refractivity contribution in [1.29, 1.82) is 0 Å². The smallest absolute Gasteiger partial charge is 0.105 e. The SMILES string of the molecule is Cc1cc(C)nc(Sc2ncc(CN)cc2C)c1. The molecule has 0 saturated carbocycles. The number of nitrogens with zero attached hydrogens (tertiary/aromatic N) is 2. The van der Waals surface area contributed by atoms with Crippen molar-refractivity contribution in [3.63, 3.8) is 0 Å². The quantitative estimate of drug-likeness (QED) is 0.920. The fourth-order valence-corrected chi connectivity index (χ4v) is 2.75. The van der Waals surface area contributed by atoms with Crippen LogP contribution in [0.4, 0.5) is 0 Å². The molecule has 0 saturated heterocycles. The molecule has 0 aliphatic heterocycles. The molecule has 18 heavy (non-hydrogen) atoms. The first kappa shape index (κ1) is 13.1. The molecule has 0 spiro atoms. The van der Waals surface area contributed by atoms with E-state index in [0.717, 1.165) is 26.9 Å². The van der Waals surface area contributed by atoms with Crippen LogP contribution < -0.4 is 5.73 Å². The molecule has 2 aromatic rings. The number of aryl methyl sites for hydroxylation is 3. The van der Waals surface area contributed by atoms with Crippen molar-refractivity contribution in [2.45, 2.75) is 37.4 Å². The highest BCUT2D eigenvalue weighted by Crippen LogP contribution is 2.28. The summed E-state index contributed by atoms with van der Waals surface area (Å²) < 4.78 is 0. The summed E-state index contributed by atoms with van der Waals surface area (Å²) in [6.45, 7) is 6.67. The predicted molar refractivity (Wildman–Crippen MR) is 74.7 cm³/mol. The summed E-state index contributed by atoms with van der Waals surface area (Å²) in [6.07, 6.45) is 1.83. The third-order valence-corrected chi connectivity index (χ3v) is 3.64. The average Bonchev–Trinajstić information content (AvgIpc) is 2.30. The Hall–Kier alpha value is -1.39. The summed E-state index contributed by atoms with van der Waals surface area (Å²) in [6, 6.07) is 6.23. The highest BCUT2D eigenvalue weighted by atomic mass is 32.2. The second kappa shape index (κ2) is 5.50. The number of hydrogen-bond acceptors (Lipinski definition) is 4. The lowest BCUT2D eigenvalue weighted by molar-refractivity contribution is 0.980. The van der Waals surface area contributed by atoms with E-state index in [0.29, 0.717) is 6.54 Å². The summed E-state index contributed by atoms with van der Waals surface area (Å²) in [5.74, 6) is 0. The van der Waals surface area contributed by atoms with Crippen LogP contribution in [0.5, 0.6) is 0 Å². The van der Waals surface area contributed by atoms with E-state index in [1.54, 1.807) is 11.8 Å². The largest absolute Gasteiger partial charge is 0.326 e. The normalized spacial score (nSPS) is 10.7. The van der Waals surface area contributed by atoms with E-state index in [2.05, 4.69) is 42.0 Å². The molecule has 0 atom stereocenters. The molecule has 2 rings (SSSR count). The molecule has 2 heterocycles. The molecule has 0 aromatic carbocycles. The number of rotatable bonds is 3. The number of nitrogens with two attached hydrogens (primary N) is 1. The molecule has 94 valence electrons. The lowest BCUT2D eigenvalue weighted by atomic mass is 10.2. The minimum absolute atomic E-state index is 0.528. The van der Waals surface area contributed by atoms with Gasteiger partial charge < -0.3 is 5.73 Å². The molecule has 0 aliphatic rings. The molecule has 0 amide bonds. The zero-order chi connectivity index (χ0) is 13.1. The Bertz CT molecular complexity index is 547. The van der Waals surface area contributed by atoms with Crippen LogP contribution in [0.25, 0.3) is 0 Å². The zero-order valence-electron chi connectivity index (χ0n) is 10.9. The average molecular weight is 259 g/mol. The van der Waals surface area contributed by atoms with Crippen LogP contribution in [0.2, 0.25) is 0 Å². The lowest BCUT2D eigenvalue weighted by Gasteiger charge is -2.07. The molecule has 2 aromatic heterocycles. The number of pyridine rings is 2. The van der Waals surface area contributed by atoms with Crippen molar-refractivity contribution in [1.82, 2.24) is 9.97 Å². The third kappa shape index (κ3) is 3.09. The van der Waals surface area contributed by atoms with Gasteiger partial charge in [0.1, 0.15) is 10.1 Å². The molecule has 4 heteroatoms. The van der Waals surface area contributed by atoms with Crippen molar-refractivity contribution in [3.8, 4) is 0 Å². The van der Waals surface area contributed by atoms with E-state index >= 15 is 0 Å². The Morgan fingerprint density at radius 2 is 1.94 bits per heavy atom. The number of aromatic nitrogens is 2. The van der Waals surface area contributed by atoms with E-state index in [-0.39, 0.29) is 0 Å². The molecule has 0 fully saturated rings. The van der Waals surface area contributed by atoms with Gasteiger partial charge in [0.15, 0.2) is 0 Å². The van der Waals surface area contributed by atoms with Crippen LogP contribution in [0.3, 0.4) is 0 Å². The van der Waals surface area contributed by atoms with Gasteiger partial charge in [-0.3, -0.25) is 0 Å². The minimum atomic E-state index is 0.528. The highest BCUT2D eigenvalue weighted by Gasteiger charge is 2.06. The van der Waals surface area contributed by atoms with E-state index in [1.807, 2.05) is 13.1 Å². The molecular weight excluding hydrogens is 242 g/mol. The van der Waals surface area contributed by atoms with Gasteiger partial charge in [-0.1, -0.05) is 6.07 Å². The van der Waals surface area contributed by atoms with Crippen LogP contribution in [-0.2, 0) is 6.54 Å². The summed E-state index contributed by atoms with van der Waals surface area (Å²) in [4.78, 5) is 8.96. The van der Waals surface area contributed by atoms with Crippen molar-refractivity contribution in [2.75, 3.05) is 0 Å². The molecular formula is C14H17N3S. The van der Waals surface area contributed by atoms with E-state index < -0.39 is 0 Å². The van der Waals surface area contributed by atoms with Crippen molar-refractivity contribution in [2.24, 2.45) is 5.73 Å². The number of hydrogen-bond donors (Lipinski definition) is 1. The van der Waals surface area contributed by atoms with Gasteiger partial charge in [-0.05, 0) is 61.4 Å². The van der Waals surface area contributed by atoms with Crippen molar-refractivity contribution >= 4 is 11.8 Å². The fourth-order valence-electron chi connectivity index (χ4n) is 1.79. The fraction of sp³-hybridized carbons (Fsp3) is 0.286. The van der Waals surface area contributed by atoms with E-state index in [9.17, 15) is 0 Å². The Balaban J connectivity index is 2.28. The van der Waals surface area contributed by atoms with Gasteiger partial charge in [0, 0.05) is 18.4 Å². The maximum Gasteiger partial charge on any atom is 0.105 e. The van der Waals surface area contributed by atoms with Gasteiger partial charge in [-0.2, -0.15) is 0 Å². The Morgan fingerprint density at radius 3 is 2.56 bits per heavy atom. The first-order chi connectivity index (χ1) is 8.58. The standard InChI is InChI=1S/C14H17N3S/c1-9-4-11(3)17-13(5-9)18-14-10(2)6-12(7-15)8-16-14/h4-6,8H,7,15H2,1-3H3. The molecule has 0 radical (unpaired) electrons. The third-order valence-electron chi connectivity index (χ3n) is 2.60. The highest BCUT2D eigenvalue weighted by molar-refractivity contribution is 7.99. The van der Waals surface area contributed by atoms with Gasteiger partial charge in [0.05, 0.1) is 0 Å². The Labute approximate surface area is 112 Å².